The number of aromatic nitrogens is 3. The molecule has 0 unspecified atom stereocenters. The van der Waals surface area contributed by atoms with Crippen molar-refractivity contribution in [3.8, 4) is 5.69 Å². The third-order valence-electron chi connectivity index (χ3n) is 4.84. The van der Waals surface area contributed by atoms with Crippen molar-refractivity contribution in [2.45, 2.75) is 19.8 Å². The van der Waals surface area contributed by atoms with E-state index in [2.05, 4.69) is 15.4 Å². The van der Waals surface area contributed by atoms with Crippen molar-refractivity contribution in [2.24, 2.45) is 0 Å². The number of rotatable bonds is 6. The van der Waals surface area contributed by atoms with Crippen molar-refractivity contribution in [3.63, 3.8) is 0 Å². The first kappa shape index (κ1) is 19.8. The third kappa shape index (κ3) is 3.57. The van der Waals surface area contributed by atoms with Crippen LogP contribution in [0.25, 0.3) is 5.69 Å². The first-order valence-electron chi connectivity index (χ1n) is 9.45. The van der Waals surface area contributed by atoms with Crippen LogP contribution in [0.4, 0.5) is 5.69 Å². The maximum Gasteiger partial charge on any atom is 0.261 e. The van der Waals surface area contributed by atoms with Crippen molar-refractivity contribution in [1.82, 2.24) is 19.7 Å². The number of amides is 3. The van der Waals surface area contributed by atoms with Crippen LogP contribution in [0.15, 0.2) is 49.1 Å². The monoisotopic (exact) mass is 423 g/mol. The Morgan fingerprint density at radius 3 is 2.63 bits per heavy atom. The number of anilines is 1. The van der Waals surface area contributed by atoms with E-state index >= 15 is 0 Å². The minimum Gasteiger partial charge on any atom is -0.320 e. The van der Waals surface area contributed by atoms with E-state index < -0.39 is 5.91 Å². The van der Waals surface area contributed by atoms with Crippen LogP contribution < -0.4 is 5.32 Å². The molecule has 3 aromatic rings. The molecule has 1 aromatic heterocycles. The van der Waals surface area contributed by atoms with Crippen LogP contribution >= 0.6 is 11.6 Å². The zero-order valence-electron chi connectivity index (χ0n) is 16.1. The number of hydrogen-bond donors (Lipinski definition) is 1. The fourth-order valence-corrected chi connectivity index (χ4v) is 3.46. The van der Waals surface area contributed by atoms with Gasteiger partial charge in [0, 0.05) is 17.1 Å². The van der Waals surface area contributed by atoms with Crippen LogP contribution in [0.5, 0.6) is 0 Å². The summed E-state index contributed by atoms with van der Waals surface area (Å²) in [6, 6.07) is 9.50. The van der Waals surface area contributed by atoms with Gasteiger partial charge in [0.05, 0.1) is 22.5 Å². The smallest absolute Gasteiger partial charge is 0.261 e. The molecule has 3 amide bonds. The van der Waals surface area contributed by atoms with Crippen LogP contribution in [0.1, 0.15) is 50.8 Å². The summed E-state index contributed by atoms with van der Waals surface area (Å²) < 4.78 is 1.50. The first-order valence-corrected chi connectivity index (χ1v) is 9.83. The predicted octanol–water partition coefficient (Wildman–Crippen LogP) is 3.57. The Kier molecular flexibility index (Phi) is 5.33. The first-order chi connectivity index (χ1) is 14.5. The largest absolute Gasteiger partial charge is 0.320 e. The van der Waals surface area contributed by atoms with Gasteiger partial charge in [-0.15, -0.1) is 0 Å². The van der Waals surface area contributed by atoms with Gasteiger partial charge in [0.1, 0.15) is 12.7 Å². The van der Waals surface area contributed by atoms with Crippen molar-refractivity contribution >= 4 is 35.0 Å². The Balaban J connectivity index is 1.61. The summed E-state index contributed by atoms with van der Waals surface area (Å²) in [4.78, 5) is 43.1. The molecule has 2 aromatic carbocycles. The Labute approximate surface area is 177 Å². The molecule has 9 heteroatoms. The van der Waals surface area contributed by atoms with Crippen LogP contribution in [-0.2, 0) is 0 Å². The fourth-order valence-electron chi connectivity index (χ4n) is 3.29. The lowest BCUT2D eigenvalue weighted by molar-refractivity contribution is 0.0652. The average Bonchev–Trinajstić information content (AvgIpc) is 3.34. The van der Waals surface area contributed by atoms with Gasteiger partial charge < -0.3 is 5.32 Å². The average molecular weight is 424 g/mol. The van der Waals surface area contributed by atoms with E-state index in [0.29, 0.717) is 28.5 Å². The molecule has 0 fully saturated rings. The molecule has 1 aliphatic heterocycles. The molecular weight excluding hydrogens is 406 g/mol. The lowest BCUT2D eigenvalue weighted by Gasteiger charge is -2.12. The van der Waals surface area contributed by atoms with E-state index in [9.17, 15) is 14.4 Å². The highest BCUT2D eigenvalue weighted by atomic mass is 35.5. The standard InChI is InChI=1S/C21H18ClN5O3/c1-2-3-8-26-20(29)15-6-4-13(9-16(15)21(26)30)19(28)25-17-10-14(22)5-7-18(17)27-12-23-11-24-27/h4-7,9-12H,2-3,8H2,1H3,(H,25,28). The van der Waals surface area contributed by atoms with Gasteiger partial charge in [-0.05, 0) is 42.8 Å². The molecule has 0 radical (unpaired) electrons. The maximum atomic E-state index is 12.9. The van der Waals surface area contributed by atoms with Gasteiger partial charge >= 0.3 is 0 Å². The SMILES string of the molecule is CCCCN1C(=O)c2ccc(C(=O)Nc3cc(Cl)ccc3-n3cncn3)cc2C1=O. The van der Waals surface area contributed by atoms with Crippen molar-refractivity contribution in [3.05, 3.63) is 70.8 Å². The molecule has 8 nitrogen and oxygen atoms in total. The van der Waals surface area contributed by atoms with E-state index in [1.807, 2.05) is 6.92 Å². The van der Waals surface area contributed by atoms with Crippen molar-refractivity contribution in [1.29, 1.82) is 0 Å². The minimum absolute atomic E-state index is 0.242. The zero-order valence-corrected chi connectivity index (χ0v) is 16.9. The second kappa shape index (κ2) is 8.08. The van der Waals surface area contributed by atoms with Gasteiger partial charge in [0.15, 0.2) is 0 Å². The predicted molar refractivity (Wildman–Crippen MR) is 111 cm³/mol. The summed E-state index contributed by atoms with van der Waals surface area (Å²) in [5, 5.41) is 7.32. The van der Waals surface area contributed by atoms with Gasteiger partial charge in [-0.2, -0.15) is 5.10 Å². The quantitative estimate of drug-likeness (QED) is 0.611. The van der Waals surface area contributed by atoms with E-state index in [0.717, 1.165) is 12.8 Å². The molecule has 0 aliphatic carbocycles. The summed E-state index contributed by atoms with van der Waals surface area (Å²) in [6.45, 7) is 2.36. The van der Waals surface area contributed by atoms with Gasteiger partial charge in [0.2, 0.25) is 0 Å². The molecule has 0 atom stereocenters. The third-order valence-corrected chi connectivity index (χ3v) is 5.08. The molecule has 1 aliphatic rings. The van der Waals surface area contributed by atoms with Gasteiger partial charge in [-0.25, -0.2) is 9.67 Å². The topological polar surface area (TPSA) is 97.2 Å². The number of fused-ring (bicyclic) bond motifs is 1. The molecule has 1 N–H and O–H groups in total. The summed E-state index contributed by atoms with van der Waals surface area (Å²) in [5.41, 5.74) is 1.84. The Bertz CT molecular complexity index is 1140. The van der Waals surface area contributed by atoms with Crippen molar-refractivity contribution < 1.29 is 14.4 Å². The number of benzene rings is 2. The molecule has 0 saturated heterocycles. The molecule has 4 rings (SSSR count). The summed E-state index contributed by atoms with van der Waals surface area (Å²) in [7, 11) is 0. The van der Waals surface area contributed by atoms with Gasteiger partial charge in [-0.3, -0.25) is 19.3 Å². The number of nitrogens with zero attached hydrogens (tertiary/aromatic N) is 4. The fraction of sp³-hybridized carbons (Fsp3) is 0.190. The van der Waals surface area contributed by atoms with Crippen LogP contribution in [0.3, 0.4) is 0 Å². The normalized spacial score (nSPS) is 12.9. The number of carbonyl (C=O) groups excluding carboxylic acids is 3. The minimum atomic E-state index is -0.436. The molecule has 2 heterocycles. The molecule has 152 valence electrons. The summed E-state index contributed by atoms with van der Waals surface area (Å²) >= 11 is 6.09. The second-order valence-electron chi connectivity index (χ2n) is 6.83. The van der Waals surface area contributed by atoms with Crippen LogP contribution in [0, 0.1) is 0 Å². The lowest BCUT2D eigenvalue weighted by atomic mass is 10.1. The Morgan fingerprint density at radius 2 is 1.90 bits per heavy atom. The molecule has 0 bridgehead atoms. The highest BCUT2D eigenvalue weighted by Crippen LogP contribution is 2.27. The number of unbranched alkanes of at least 4 members (excludes halogenated alkanes) is 1. The summed E-state index contributed by atoms with van der Waals surface area (Å²) in [5.74, 6) is -1.13. The van der Waals surface area contributed by atoms with Gasteiger partial charge in [-0.1, -0.05) is 24.9 Å². The molecule has 0 spiro atoms. The van der Waals surface area contributed by atoms with E-state index in [1.165, 1.54) is 40.4 Å². The van der Waals surface area contributed by atoms with Crippen LogP contribution in [-0.4, -0.2) is 43.9 Å². The van der Waals surface area contributed by atoms with Crippen LogP contribution in [0.2, 0.25) is 5.02 Å². The summed E-state index contributed by atoms with van der Waals surface area (Å²) in [6.07, 6.45) is 4.49. The highest BCUT2D eigenvalue weighted by Gasteiger charge is 2.35. The number of hydrogen-bond acceptors (Lipinski definition) is 5. The number of halogens is 1. The number of imide groups is 1. The Hall–Kier alpha value is -3.52. The number of carbonyl (C=O) groups is 3. The van der Waals surface area contributed by atoms with E-state index in [4.69, 9.17) is 11.6 Å². The van der Waals surface area contributed by atoms with Gasteiger partial charge in [0.25, 0.3) is 17.7 Å². The second-order valence-corrected chi connectivity index (χ2v) is 7.27. The Morgan fingerprint density at radius 1 is 1.10 bits per heavy atom. The maximum absolute atomic E-state index is 12.9. The number of nitrogens with one attached hydrogen (secondary N) is 1. The highest BCUT2D eigenvalue weighted by molar-refractivity contribution is 6.31. The van der Waals surface area contributed by atoms with E-state index in [1.54, 1.807) is 18.2 Å². The van der Waals surface area contributed by atoms with Crippen molar-refractivity contribution in [2.75, 3.05) is 11.9 Å². The zero-order chi connectivity index (χ0) is 21.3. The molecule has 30 heavy (non-hydrogen) atoms. The van der Waals surface area contributed by atoms with E-state index in [-0.39, 0.29) is 22.9 Å². The lowest BCUT2D eigenvalue weighted by Crippen LogP contribution is -2.30. The molecular formula is C21H18ClN5O3. The molecule has 0 saturated carbocycles.